The summed E-state index contributed by atoms with van der Waals surface area (Å²) in [6, 6.07) is 8.55. The first-order valence-electron chi connectivity index (χ1n) is 7.13. The normalized spacial score (nSPS) is 22.9. The lowest BCUT2D eigenvalue weighted by atomic mass is 10.1. The highest BCUT2D eigenvalue weighted by Gasteiger charge is 2.29. The van der Waals surface area contributed by atoms with E-state index in [-0.39, 0.29) is 6.10 Å². The van der Waals surface area contributed by atoms with Crippen molar-refractivity contribution in [2.75, 3.05) is 19.7 Å². The van der Waals surface area contributed by atoms with Crippen LogP contribution in [0.4, 0.5) is 0 Å². The molecule has 2 heterocycles. The van der Waals surface area contributed by atoms with E-state index >= 15 is 0 Å². The Morgan fingerprint density at radius 3 is 2.65 bits per heavy atom. The predicted molar refractivity (Wildman–Crippen MR) is 72.5 cm³/mol. The molecule has 2 aromatic rings. The van der Waals surface area contributed by atoms with Gasteiger partial charge in [0, 0.05) is 19.0 Å². The number of morpholine rings is 1. The summed E-state index contributed by atoms with van der Waals surface area (Å²) in [4.78, 5) is 4.56. The molecule has 2 aliphatic rings. The summed E-state index contributed by atoms with van der Waals surface area (Å²) in [6.45, 7) is 2.32. The van der Waals surface area contributed by atoms with E-state index in [9.17, 15) is 0 Å². The van der Waals surface area contributed by atoms with Gasteiger partial charge in [0.05, 0.1) is 6.61 Å². The molecule has 20 heavy (non-hydrogen) atoms. The van der Waals surface area contributed by atoms with Crippen LogP contribution >= 0.6 is 0 Å². The van der Waals surface area contributed by atoms with Gasteiger partial charge in [-0.1, -0.05) is 29.4 Å². The highest BCUT2D eigenvalue weighted by molar-refractivity contribution is 5.34. The van der Waals surface area contributed by atoms with Crippen LogP contribution in [-0.4, -0.2) is 29.8 Å². The molecule has 1 aromatic carbocycles. The fourth-order valence-corrected chi connectivity index (χ4v) is 3.01. The topological polar surface area (TPSA) is 60.2 Å². The highest BCUT2D eigenvalue weighted by atomic mass is 16.5. The summed E-state index contributed by atoms with van der Waals surface area (Å²) in [7, 11) is 0. The van der Waals surface area contributed by atoms with Crippen molar-refractivity contribution < 1.29 is 9.26 Å². The van der Waals surface area contributed by atoms with Gasteiger partial charge < -0.3 is 14.6 Å². The maximum atomic E-state index is 5.64. The SMILES string of the molecule is c1ccc2c(c1)CC(c1noc(C3CNCCO3)n1)C2. The summed E-state index contributed by atoms with van der Waals surface area (Å²) < 4.78 is 11.0. The van der Waals surface area contributed by atoms with E-state index in [1.54, 1.807) is 0 Å². The molecule has 0 amide bonds. The van der Waals surface area contributed by atoms with Crippen molar-refractivity contribution >= 4 is 0 Å². The van der Waals surface area contributed by atoms with E-state index < -0.39 is 0 Å². The first-order chi connectivity index (χ1) is 9.90. The highest BCUT2D eigenvalue weighted by Crippen LogP contribution is 2.33. The lowest BCUT2D eigenvalue weighted by Crippen LogP contribution is -2.33. The molecule has 0 radical (unpaired) electrons. The molecule has 1 aliphatic heterocycles. The number of ether oxygens (including phenoxy) is 1. The molecular weight excluding hydrogens is 254 g/mol. The molecule has 5 heteroatoms. The monoisotopic (exact) mass is 271 g/mol. The van der Waals surface area contributed by atoms with Crippen molar-refractivity contribution in [3.05, 3.63) is 47.1 Å². The van der Waals surface area contributed by atoms with E-state index in [0.717, 1.165) is 31.8 Å². The number of benzene rings is 1. The summed E-state index contributed by atoms with van der Waals surface area (Å²) in [6.07, 6.45) is 1.89. The van der Waals surface area contributed by atoms with Crippen LogP contribution in [-0.2, 0) is 17.6 Å². The molecule has 1 unspecified atom stereocenters. The number of hydrogen-bond acceptors (Lipinski definition) is 5. The summed E-state index contributed by atoms with van der Waals surface area (Å²) in [5, 5.41) is 7.44. The molecule has 5 nitrogen and oxygen atoms in total. The molecule has 104 valence electrons. The van der Waals surface area contributed by atoms with E-state index in [1.165, 1.54) is 11.1 Å². The molecule has 1 fully saturated rings. The van der Waals surface area contributed by atoms with Crippen LogP contribution in [0, 0.1) is 0 Å². The second-order valence-corrected chi connectivity index (χ2v) is 5.43. The largest absolute Gasteiger partial charge is 0.366 e. The van der Waals surface area contributed by atoms with Crippen LogP contribution in [0.1, 0.15) is 34.9 Å². The third-order valence-electron chi connectivity index (χ3n) is 4.08. The van der Waals surface area contributed by atoms with Gasteiger partial charge in [-0.15, -0.1) is 0 Å². The van der Waals surface area contributed by atoms with E-state index in [1.807, 2.05) is 0 Å². The number of nitrogens with one attached hydrogen (secondary N) is 1. The zero-order chi connectivity index (χ0) is 13.4. The van der Waals surface area contributed by atoms with E-state index in [2.05, 4.69) is 39.7 Å². The Kier molecular flexibility index (Phi) is 3.01. The van der Waals surface area contributed by atoms with Gasteiger partial charge in [-0.05, 0) is 24.0 Å². The Bertz CT molecular complexity index is 580. The maximum Gasteiger partial charge on any atom is 0.257 e. The van der Waals surface area contributed by atoms with Crippen molar-refractivity contribution in [2.45, 2.75) is 24.9 Å². The molecular formula is C15H17N3O2. The fraction of sp³-hybridized carbons (Fsp3) is 0.467. The van der Waals surface area contributed by atoms with Gasteiger partial charge in [-0.2, -0.15) is 4.98 Å². The molecule has 0 spiro atoms. The lowest BCUT2D eigenvalue weighted by Gasteiger charge is -2.19. The Hall–Kier alpha value is -1.72. The Morgan fingerprint density at radius 2 is 1.95 bits per heavy atom. The number of fused-ring (bicyclic) bond motifs is 1. The second kappa shape index (κ2) is 5.00. The summed E-state index contributed by atoms with van der Waals surface area (Å²) in [5.74, 6) is 1.75. The minimum Gasteiger partial charge on any atom is -0.366 e. The van der Waals surface area contributed by atoms with Gasteiger partial charge in [-0.3, -0.25) is 0 Å². The first kappa shape index (κ1) is 12.1. The number of nitrogens with zero attached hydrogens (tertiary/aromatic N) is 2. The van der Waals surface area contributed by atoms with Gasteiger partial charge in [0.15, 0.2) is 5.82 Å². The Labute approximate surface area is 117 Å². The maximum absolute atomic E-state index is 5.64. The average Bonchev–Trinajstić information content (AvgIpc) is 3.14. The van der Waals surface area contributed by atoms with Crippen LogP contribution in [0.3, 0.4) is 0 Å². The minimum absolute atomic E-state index is 0.103. The third-order valence-corrected chi connectivity index (χ3v) is 4.08. The van der Waals surface area contributed by atoms with E-state index in [4.69, 9.17) is 9.26 Å². The fourth-order valence-electron chi connectivity index (χ4n) is 3.01. The first-order valence-corrected chi connectivity index (χ1v) is 7.13. The zero-order valence-electron chi connectivity index (χ0n) is 11.2. The number of aromatic nitrogens is 2. The second-order valence-electron chi connectivity index (χ2n) is 5.43. The van der Waals surface area contributed by atoms with Gasteiger partial charge in [0.1, 0.15) is 6.10 Å². The summed E-state index contributed by atoms with van der Waals surface area (Å²) in [5.41, 5.74) is 2.80. The van der Waals surface area contributed by atoms with Crippen LogP contribution < -0.4 is 5.32 Å². The molecule has 1 aromatic heterocycles. The van der Waals surface area contributed by atoms with Crippen LogP contribution in [0.25, 0.3) is 0 Å². The standard InChI is InChI=1S/C15H17N3O2/c1-2-4-11-8-12(7-10(11)3-1)14-17-15(20-18-14)13-9-16-5-6-19-13/h1-4,12-13,16H,5-9H2. The number of rotatable bonds is 2. The molecule has 0 bridgehead atoms. The Balaban J connectivity index is 1.52. The smallest absolute Gasteiger partial charge is 0.257 e. The Morgan fingerprint density at radius 1 is 1.15 bits per heavy atom. The molecule has 0 saturated carbocycles. The molecule has 1 saturated heterocycles. The van der Waals surface area contributed by atoms with Gasteiger partial charge in [0.25, 0.3) is 5.89 Å². The average molecular weight is 271 g/mol. The zero-order valence-corrected chi connectivity index (χ0v) is 11.2. The molecule has 4 rings (SSSR count). The van der Waals surface area contributed by atoms with Crippen molar-refractivity contribution in [2.24, 2.45) is 0 Å². The van der Waals surface area contributed by atoms with Crippen LogP contribution in [0.2, 0.25) is 0 Å². The lowest BCUT2D eigenvalue weighted by molar-refractivity contribution is 0.00755. The number of hydrogen-bond donors (Lipinski definition) is 1. The van der Waals surface area contributed by atoms with Crippen molar-refractivity contribution in [1.82, 2.24) is 15.5 Å². The molecule has 1 N–H and O–H groups in total. The van der Waals surface area contributed by atoms with Crippen LogP contribution in [0.15, 0.2) is 28.8 Å². The van der Waals surface area contributed by atoms with Gasteiger partial charge in [-0.25, -0.2) is 0 Å². The molecule has 1 aliphatic carbocycles. The van der Waals surface area contributed by atoms with E-state index in [0.29, 0.717) is 18.4 Å². The van der Waals surface area contributed by atoms with Gasteiger partial charge >= 0.3 is 0 Å². The van der Waals surface area contributed by atoms with Gasteiger partial charge in [0.2, 0.25) is 0 Å². The van der Waals surface area contributed by atoms with Crippen molar-refractivity contribution in [1.29, 1.82) is 0 Å². The third kappa shape index (κ3) is 2.13. The predicted octanol–water partition coefficient (Wildman–Crippen LogP) is 1.61. The van der Waals surface area contributed by atoms with Crippen molar-refractivity contribution in [3.63, 3.8) is 0 Å². The minimum atomic E-state index is -0.103. The molecule has 1 atom stereocenters. The van der Waals surface area contributed by atoms with Crippen molar-refractivity contribution in [3.8, 4) is 0 Å². The summed E-state index contributed by atoms with van der Waals surface area (Å²) >= 11 is 0. The van der Waals surface area contributed by atoms with Crippen LogP contribution in [0.5, 0.6) is 0 Å². The quantitative estimate of drug-likeness (QED) is 0.899.